The Bertz CT molecular complexity index is 1050. The Morgan fingerprint density at radius 2 is 1.86 bits per heavy atom. The number of anilines is 1. The SMILES string of the molecule is COc1ccc(NC(=O)CSc2nc(-c3ccncc3)ccc2C#N)cc1OC. The van der Waals surface area contributed by atoms with Crippen LogP contribution in [-0.2, 0) is 4.79 Å². The third-order valence-corrected chi connectivity index (χ3v) is 4.96. The summed E-state index contributed by atoms with van der Waals surface area (Å²) in [6, 6.07) is 14.4. The van der Waals surface area contributed by atoms with Crippen molar-refractivity contribution >= 4 is 23.4 Å². The maximum atomic E-state index is 12.4. The highest BCUT2D eigenvalue weighted by atomic mass is 32.2. The van der Waals surface area contributed by atoms with Crippen LogP contribution >= 0.6 is 11.8 Å². The standard InChI is InChI=1S/C21H18N4O3S/c1-27-18-6-4-16(11-19(18)28-2)24-20(26)13-29-21-15(12-22)3-5-17(25-21)14-7-9-23-10-8-14/h3-11H,13H2,1-2H3,(H,24,26). The Labute approximate surface area is 172 Å². The molecular formula is C21H18N4O3S. The highest BCUT2D eigenvalue weighted by molar-refractivity contribution is 8.00. The van der Waals surface area contributed by atoms with Crippen LogP contribution < -0.4 is 14.8 Å². The molecule has 1 N–H and O–H groups in total. The van der Waals surface area contributed by atoms with Gasteiger partial charge in [-0.25, -0.2) is 4.98 Å². The Balaban J connectivity index is 1.70. The first-order valence-electron chi connectivity index (χ1n) is 8.61. The van der Waals surface area contributed by atoms with Gasteiger partial charge < -0.3 is 14.8 Å². The molecule has 8 heteroatoms. The van der Waals surface area contributed by atoms with E-state index in [1.54, 1.807) is 49.8 Å². The number of nitrogens with one attached hydrogen (secondary N) is 1. The minimum absolute atomic E-state index is 0.107. The molecule has 0 aliphatic carbocycles. The van der Waals surface area contributed by atoms with Crippen molar-refractivity contribution in [1.82, 2.24) is 9.97 Å². The molecule has 0 bridgehead atoms. The number of nitrogens with zero attached hydrogens (tertiary/aromatic N) is 3. The van der Waals surface area contributed by atoms with E-state index in [0.29, 0.717) is 33.5 Å². The van der Waals surface area contributed by atoms with Gasteiger partial charge in [-0.2, -0.15) is 5.26 Å². The van der Waals surface area contributed by atoms with Crippen molar-refractivity contribution in [2.24, 2.45) is 0 Å². The lowest BCUT2D eigenvalue weighted by Gasteiger charge is -2.11. The number of amides is 1. The molecule has 0 spiro atoms. The lowest BCUT2D eigenvalue weighted by atomic mass is 10.1. The van der Waals surface area contributed by atoms with Crippen LogP contribution in [0.15, 0.2) is 59.9 Å². The fourth-order valence-corrected chi connectivity index (χ4v) is 3.34. The lowest BCUT2D eigenvalue weighted by molar-refractivity contribution is -0.113. The van der Waals surface area contributed by atoms with Crippen LogP contribution in [0.1, 0.15) is 5.56 Å². The van der Waals surface area contributed by atoms with E-state index in [-0.39, 0.29) is 11.7 Å². The first-order chi connectivity index (χ1) is 14.1. The Morgan fingerprint density at radius 1 is 1.10 bits per heavy atom. The summed E-state index contributed by atoms with van der Waals surface area (Å²) in [6.45, 7) is 0. The second-order valence-electron chi connectivity index (χ2n) is 5.80. The number of benzene rings is 1. The van der Waals surface area contributed by atoms with Gasteiger partial charge in [0.1, 0.15) is 11.1 Å². The Kier molecular flexibility index (Phi) is 6.66. The van der Waals surface area contributed by atoms with Gasteiger partial charge >= 0.3 is 0 Å². The maximum absolute atomic E-state index is 12.4. The number of rotatable bonds is 7. The van der Waals surface area contributed by atoms with Gasteiger partial charge in [0.15, 0.2) is 11.5 Å². The predicted octanol–water partition coefficient (Wildman–Crippen LogP) is 3.76. The average Bonchev–Trinajstić information content (AvgIpc) is 2.78. The van der Waals surface area contributed by atoms with Gasteiger partial charge in [0, 0.05) is 29.7 Å². The molecular weight excluding hydrogens is 388 g/mol. The van der Waals surface area contributed by atoms with Gasteiger partial charge in [-0.3, -0.25) is 9.78 Å². The molecule has 0 saturated carbocycles. The Hall–Kier alpha value is -3.57. The van der Waals surface area contributed by atoms with Crippen LogP contribution in [0, 0.1) is 11.3 Å². The predicted molar refractivity (Wildman–Crippen MR) is 111 cm³/mol. The van der Waals surface area contributed by atoms with Crippen LogP contribution in [0.25, 0.3) is 11.3 Å². The molecule has 29 heavy (non-hydrogen) atoms. The first-order valence-corrected chi connectivity index (χ1v) is 9.59. The van der Waals surface area contributed by atoms with Crippen molar-refractivity contribution in [3.63, 3.8) is 0 Å². The number of hydrogen-bond donors (Lipinski definition) is 1. The monoisotopic (exact) mass is 406 g/mol. The minimum atomic E-state index is -0.220. The summed E-state index contributed by atoms with van der Waals surface area (Å²) in [5.41, 5.74) is 2.62. The number of nitriles is 1. The fourth-order valence-electron chi connectivity index (χ4n) is 2.56. The summed E-state index contributed by atoms with van der Waals surface area (Å²) < 4.78 is 10.4. The van der Waals surface area contributed by atoms with Gasteiger partial charge in [0.2, 0.25) is 5.91 Å². The van der Waals surface area contributed by atoms with Crippen LogP contribution in [0.3, 0.4) is 0 Å². The van der Waals surface area contributed by atoms with E-state index in [9.17, 15) is 10.1 Å². The summed E-state index contributed by atoms with van der Waals surface area (Å²) in [5.74, 6) is 0.991. The summed E-state index contributed by atoms with van der Waals surface area (Å²) >= 11 is 1.21. The molecule has 0 aliphatic heterocycles. The number of methoxy groups -OCH3 is 2. The Morgan fingerprint density at radius 3 is 2.55 bits per heavy atom. The minimum Gasteiger partial charge on any atom is -0.493 e. The van der Waals surface area contributed by atoms with Gasteiger partial charge in [0.05, 0.1) is 31.2 Å². The van der Waals surface area contributed by atoms with Crippen molar-refractivity contribution < 1.29 is 14.3 Å². The smallest absolute Gasteiger partial charge is 0.234 e. The number of thioether (sulfide) groups is 1. The zero-order chi connectivity index (χ0) is 20.6. The van der Waals surface area contributed by atoms with Crippen LogP contribution in [0.5, 0.6) is 11.5 Å². The van der Waals surface area contributed by atoms with E-state index in [2.05, 4.69) is 21.4 Å². The number of hydrogen-bond acceptors (Lipinski definition) is 7. The quantitative estimate of drug-likeness (QED) is 0.597. The zero-order valence-corrected chi connectivity index (χ0v) is 16.7. The normalized spacial score (nSPS) is 10.1. The van der Waals surface area contributed by atoms with E-state index in [0.717, 1.165) is 5.56 Å². The van der Waals surface area contributed by atoms with Crippen molar-refractivity contribution in [3.8, 4) is 28.8 Å². The second-order valence-corrected chi connectivity index (χ2v) is 6.77. The van der Waals surface area contributed by atoms with Crippen molar-refractivity contribution in [1.29, 1.82) is 5.26 Å². The fraction of sp³-hybridized carbons (Fsp3) is 0.143. The summed E-state index contributed by atoms with van der Waals surface area (Å²) in [7, 11) is 3.08. The molecule has 1 amide bonds. The van der Waals surface area contributed by atoms with E-state index < -0.39 is 0 Å². The number of ether oxygens (including phenoxy) is 2. The van der Waals surface area contributed by atoms with Crippen molar-refractivity contribution in [2.45, 2.75) is 5.03 Å². The van der Waals surface area contributed by atoms with Gasteiger partial charge in [-0.05, 0) is 36.4 Å². The molecule has 0 fully saturated rings. The second kappa shape index (κ2) is 9.57. The van der Waals surface area contributed by atoms with Crippen LogP contribution in [-0.4, -0.2) is 35.8 Å². The summed E-state index contributed by atoms with van der Waals surface area (Å²) in [4.78, 5) is 20.9. The average molecular weight is 406 g/mol. The molecule has 2 heterocycles. The van der Waals surface area contributed by atoms with E-state index in [1.165, 1.54) is 18.9 Å². The third-order valence-electron chi connectivity index (χ3n) is 3.96. The van der Waals surface area contributed by atoms with E-state index >= 15 is 0 Å². The van der Waals surface area contributed by atoms with E-state index in [4.69, 9.17) is 9.47 Å². The highest BCUT2D eigenvalue weighted by Crippen LogP contribution is 2.30. The molecule has 0 atom stereocenters. The summed E-state index contributed by atoms with van der Waals surface area (Å²) in [5, 5.41) is 12.7. The zero-order valence-electron chi connectivity index (χ0n) is 15.9. The molecule has 2 aromatic heterocycles. The highest BCUT2D eigenvalue weighted by Gasteiger charge is 2.12. The van der Waals surface area contributed by atoms with E-state index in [1.807, 2.05) is 12.1 Å². The van der Waals surface area contributed by atoms with Crippen molar-refractivity contribution in [2.75, 3.05) is 25.3 Å². The van der Waals surface area contributed by atoms with Gasteiger partial charge in [-0.1, -0.05) is 11.8 Å². The van der Waals surface area contributed by atoms with Crippen LogP contribution in [0.4, 0.5) is 5.69 Å². The number of carbonyl (C=O) groups is 1. The topological polar surface area (TPSA) is 97.1 Å². The molecule has 3 aromatic rings. The maximum Gasteiger partial charge on any atom is 0.234 e. The largest absolute Gasteiger partial charge is 0.493 e. The van der Waals surface area contributed by atoms with Gasteiger partial charge in [-0.15, -0.1) is 0 Å². The summed E-state index contributed by atoms with van der Waals surface area (Å²) in [6.07, 6.45) is 3.36. The molecule has 3 rings (SSSR count). The molecule has 0 radical (unpaired) electrons. The molecule has 1 aromatic carbocycles. The number of aromatic nitrogens is 2. The molecule has 7 nitrogen and oxygen atoms in total. The lowest BCUT2D eigenvalue weighted by Crippen LogP contribution is -2.14. The number of carbonyl (C=O) groups excluding carboxylic acids is 1. The van der Waals surface area contributed by atoms with Crippen LogP contribution in [0.2, 0.25) is 0 Å². The molecule has 0 saturated heterocycles. The molecule has 0 unspecified atom stereocenters. The molecule has 0 aliphatic rings. The molecule has 146 valence electrons. The van der Waals surface area contributed by atoms with Crippen molar-refractivity contribution in [3.05, 3.63) is 60.4 Å². The third kappa shape index (κ3) is 5.03. The first kappa shape index (κ1) is 20.2. The van der Waals surface area contributed by atoms with Gasteiger partial charge in [0.25, 0.3) is 0 Å². The number of pyridine rings is 2.